The van der Waals surface area contributed by atoms with Gasteiger partial charge < -0.3 is 0 Å². The molecule has 2 aromatic carbocycles. The molecule has 0 aliphatic heterocycles. The third kappa shape index (κ3) is 2.06. The highest BCUT2D eigenvalue weighted by Gasteiger charge is 2.24. The SMILES string of the molecule is Cc1cc(C)c(C)c(S(=O)(=O)n2ccc3ccccc32)c1C. The molecule has 3 aromatic rings. The molecule has 4 heteroatoms. The van der Waals surface area contributed by atoms with Gasteiger partial charge in [0.2, 0.25) is 0 Å². The number of para-hydroxylation sites is 1. The van der Waals surface area contributed by atoms with Crippen LogP contribution >= 0.6 is 0 Å². The van der Waals surface area contributed by atoms with E-state index in [9.17, 15) is 8.42 Å². The van der Waals surface area contributed by atoms with Gasteiger partial charge in [-0.15, -0.1) is 0 Å². The van der Waals surface area contributed by atoms with Gasteiger partial charge in [0.25, 0.3) is 10.0 Å². The Labute approximate surface area is 131 Å². The Morgan fingerprint density at radius 3 is 2.09 bits per heavy atom. The second-order valence-corrected chi connectivity index (χ2v) is 7.52. The van der Waals surface area contributed by atoms with E-state index in [1.165, 1.54) is 3.97 Å². The molecular weight excluding hydrogens is 294 g/mol. The highest BCUT2D eigenvalue weighted by molar-refractivity contribution is 7.90. The predicted octanol–water partition coefficient (Wildman–Crippen LogP) is 4.11. The van der Waals surface area contributed by atoms with Gasteiger partial charge in [0, 0.05) is 11.6 Å². The highest BCUT2D eigenvalue weighted by atomic mass is 32.2. The predicted molar refractivity (Wildman–Crippen MR) is 89.9 cm³/mol. The molecule has 0 amide bonds. The van der Waals surface area contributed by atoms with Crippen LogP contribution in [0.15, 0.2) is 47.5 Å². The second kappa shape index (κ2) is 4.99. The zero-order valence-corrected chi connectivity index (χ0v) is 14.0. The molecule has 1 aromatic heterocycles. The van der Waals surface area contributed by atoms with Crippen molar-refractivity contribution in [3.8, 4) is 0 Å². The third-order valence-corrected chi connectivity index (χ3v) is 6.34. The summed E-state index contributed by atoms with van der Waals surface area (Å²) in [6, 6.07) is 11.4. The van der Waals surface area contributed by atoms with Gasteiger partial charge in [-0.2, -0.15) is 0 Å². The number of nitrogens with zero attached hydrogens (tertiary/aromatic N) is 1. The van der Waals surface area contributed by atoms with Gasteiger partial charge >= 0.3 is 0 Å². The second-order valence-electron chi connectivity index (χ2n) is 5.76. The summed E-state index contributed by atoms with van der Waals surface area (Å²) in [4.78, 5) is 0.423. The van der Waals surface area contributed by atoms with E-state index in [0.717, 1.165) is 27.6 Å². The molecule has 0 N–H and O–H groups in total. The van der Waals surface area contributed by atoms with E-state index in [0.29, 0.717) is 10.4 Å². The number of aromatic nitrogens is 1. The Kier molecular flexibility index (Phi) is 3.37. The first-order valence-electron chi connectivity index (χ1n) is 7.23. The molecule has 0 spiro atoms. The van der Waals surface area contributed by atoms with Crippen LogP contribution in [0.25, 0.3) is 10.9 Å². The quantitative estimate of drug-likeness (QED) is 0.714. The maximum atomic E-state index is 13.2. The van der Waals surface area contributed by atoms with Crippen LogP contribution in [0.3, 0.4) is 0 Å². The van der Waals surface area contributed by atoms with E-state index >= 15 is 0 Å². The Morgan fingerprint density at radius 1 is 0.864 bits per heavy atom. The van der Waals surface area contributed by atoms with E-state index in [2.05, 4.69) is 0 Å². The number of fused-ring (bicyclic) bond motifs is 1. The largest absolute Gasteiger partial charge is 0.268 e. The first-order valence-corrected chi connectivity index (χ1v) is 8.67. The van der Waals surface area contributed by atoms with Crippen molar-refractivity contribution in [1.82, 2.24) is 3.97 Å². The average molecular weight is 313 g/mol. The number of rotatable bonds is 2. The maximum absolute atomic E-state index is 13.2. The molecule has 0 radical (unpaired) electrons. The molecule has 0 fully saturated rings. The molecule has 22 heavy (non-hydrogen) atoms. The van der Waals surface area contributed by atoms with Crippen molar-refractivity contribution in [1.29, 1.82) is 0 Å². The van der Waals surface area contributed by atoms with Crippen molar-refractivity contribution in [3.05, 3.63) is 64.8 Å². The van der Waals surface area contributed by atoms with Crippen molar-refractivity contribution in [3.63, 3.8) is 0 Å². The van der Waals surface area contributed by atoms with Crippen LogP contribution in [0.4, 0.5) is 0 Å². The van der Waals surface area contributed by atoms with Crippen LogP contribution in [0.2, 0.25) is 0 Å². The summed E-state index contributed by atoms with van der Waals surface area (Å²) < 4.78 is 27.8. The van der Waals surface area contributed by atoms with Crippen molar-refractivity contribution >= 4 is 20.9 Å². The minimum atomic E-state index is -3.61. The van der Waals surface area contributed by atoms with Crippen LogP contribution in [0, 0.1) is 27.7 Å². The molecule has 1 heterocycles. The van der Waals surface area contributed by atoms with Crippen molar-refractivity contribution in [2.24, 2.45) is 0 Å². The highest BCUT2D eigenvalue weighted by Crippen LogP contribution is 2.30. The summed E-state index contributed by atoms with van der Waals surface area (Å²) >= 11 is 0. The van der Waals surface area contributed by atoms with Crippen LogP contribution in [0.1, 0.15) is 22.3 Å². The monoisotopic (exact) mass is 313 g/mol. The molecule has 0 bridgehead atoms. The fraction of sp³-hybridized carbons (Fsp3) is 0.222. The average Bonchev–Trinajstić information content (AvgIpc) is 2.90. The minimum Gasteiger partial charge on any atom is -0.241 e. The molecule has 0 saturated carbocycles. The molecule has 0 aliphatic carbocycles. The molecule has 0 atom stereocenters. The summed E-state index contributed by atoms with van der Waals surface area (Å²) in [6.07, 6.45) is 1.64. The summed E-state index contributed by atoms with van der Waals surface area (Å²) in [5.41, 5.74) is 4.35. The molecule has 3 rings (SSSR count). The maximum Gasteiger partial charge on any atom is 0.268 e. The Bertz CT molecular complexity index is 955. The van der Waals surface area contributed by atoms with E-state index in [1.54, 1.807) is 6.20 Å². The number of hydrogen-bond acceptors (Lipinski definition) is 2. The van der Waals surface area contributed by atoms with E-state index in [-0.39, 0.29) is 0 Å². The first kappa shape index (κ1) is 14.9. The van der Waals surface area contributed by atoms with Crippen molar-refractivity contribution in [2.45, 2.75) is 32.6 Å². The van der Waals surface area contributed by atoms with Crippen LogP contribution in [-0.2, 0) is 10.0 Å². The van der Waals surface area contributed by atoms with E-state index in [4.69, 9.17) is 0 Å². The third-order valence-electron chi connectivity index (χ3n) is 4.38. The van der Waals surface area contributed by atoms with Crippen LogP contribution in [-0.4, -0.2) is 12.4 Å². The number of aryl methyl sites for hydroxylation is 2. The smallest absolute Gasteiger partial charge is 0.241 e. The van der Waals surface area contributed by atoms with Crippen molar-refractivity contribution < 1.29 is 8.42 Å². The van der Waals surface area contributed by atoms with Crippen LogP contribution < -0.4 is 0 Å². The zero-order chi connectivity index (χ0) is 16.1. The summed E-state index contributed by atoms with van der Waals surface area (Å²) in [6.45, 7) is 7.66. The van der Waals surface area contributed by atoms with Crippen LogP contribution in [0.5, 0.6) is 0 Å². The van der Waals surface area contributed by atoms with Gasteiger partial charge in [0.15, 0.2) is 0 Å². The Hall–Kier alpha value is -2.07. The molecule has 3 nitrogen and oxygen atoms in total. The fourth-order valence-corrected chi connectivity index (χ4v) is 4.87. The summed E-state index contributed by atoms with van der Waals surface area (Å²) in [5, 5.41) is 0.922. The lowest BCUT2D eigenvalue weighted by Gasteiger charge is -2.16. The number of hydrogen-bond donors (Lipinski definition) is 0. The topological polar surface area (TPSA) is 39.1 Å². The summed E-state index contributed by atoms with van der Waals surface area (Å²) in [5.74, 6) is 0. The molecular formula is C18H19NO2S. The standard InChI is InChI=1S/C18H19NO2S/c1-12-11-13(2)15(4)18(14(12)3)22(20,21)19-10-9-16-7-5-6-8-17(16)19/h5-11H,1-4H3. The molecule has 0 aliphatic rings. The molecule has 0 saturated heterocycles. The first-order chi connectivity index (χ1) is 10.3. The lowest BCUT2D eigenvalue weighted by Crippen LogP contribution is -2.16. The Morgan fingerprint density at radius 2 is 1.45 bits per heavy atom. The fourth-order valence-electron chi connectivity index (χ4n) is 2.93. The minimum absolute atomic E-state index is 0.423. The summed E-state index contributed by atoms with van der Waals surface area (Å²) in [7, 11) is -3.61. The zero-order valence-electron chi connectivity index (χ0n) is 13.2. The lowest BCUT2D eigenvalue weighted by molar-refractivity contribution is 0.587. The van der Waals surface area contributed by atoms with Gasteiger partial charge in [0.1, 0.15) is 0 Å². The molecule has 114 valence electrons. The van der Waals surface area contributed by atoms with Gasteiger partial charge in [0.05, 0.1) is 10.4 Å². The van der Waals surface area contributed by atoms with Gasteiger partial charge in [-0.05, 0) is 62.1 Å². The lowest BCUT2D eigenvalue weighted by atomic mass is 10.0. The van der Waals surface area contributed by atoms with E-state index in [1.807, 2.05) is 64.1 Å². The number of benzene rings is 2. The van der Waals surface area contributed by atoms with Gasteiger partial charge in [-0.25, -0.2) is 12.4 Å². The normalized spacial score (nSPS) is 12.0. The Balaban J connectivity index is 2.37. The van der Waals surface area contributed by atoms with Gasteiger partial charge in [-0.3, -0.25) is 0 Å². The molecule has 0 unspecified atom stereocenters. The van der Waals surface area contributed by atoms with E-state index < -0.39 is 10.0 Å². The van der Waals surface area contributed by atoms with Gasteiger partial charge in [-0.1, -0.05) is 24.3 Å². The van der Waals surface area contributed by atoms with Crippen molar-refractivity contribution in [2.75, 3.05) is 0 Å².